The lowest BCUT2D eigenvalue weighted by Crippen LogP contribution is -2.20. The van der Waals surface area contributed by atoms with Crippen LogP contribution < -0.4 is 10.1 Å². The van der Waals surface area contributed by atoms with E-state index in [1.165, 1.54) is 0 Å². The lowest BCUT2D eigenvalue weighted by molar-refractivity contribution is -0.118. The van der Waals surface area contributed by atoms with Gasteiger partial charge in [0.25, 0.3) is 5.91 Å². The van der Waals surface area contributed by atoms with E-state index in [0.717, 1.165) is 11.0 Å². The van der Waals surface area contributed by atoms with Crippen LogP contribution >= 0.6 is 0 Å². The van der Waals surface area contributed by atoms with Gasteiger partial charge in [-0.3, -0.25) is 4.79 Å². The molecule has 0 unspecified atom stereocenters. The molecule has 0 saturated heterocycles. The molecule has 1 aromatic carbocycles. The third-order valence-corrected chi connectivity index (χ3v) is 2.97. The molecule has 0 spiro atoms. The van der Waals surface area contributed by atoms with Crippen molar-refractivity contribution in [3.63, 3.8) is 0 Å². The molecule has 0 radical (unpaired) electrons. The topological polar surface area (TPSA) is 69.0 Å². The minimum Gasteiger partial charge on any atom is -0.484 e. The number of para-hydroxylation sites is 1. The SMILES string of the molecule is Cn1nc(NC(=O)COc2ccccc2)c2cccnc21. The molecule has 1 N–H and O–H groups in total. The number of ether oxygens (including phenoxy) is 1. The first-order valence-electron chi connectivity index (χ1n) is 6.49. The smallest absolute Gasteiger partial charge is 0.263 e. The zero-order valence-corrected chi connectivity index (χ0v) is 11.5. The second kappa shape index (κ2) is 5.62. The van der Waals surface area contributed by atoms with Crippen LogP contribution in [0.15, 0.2) is 48.7 Å². The van der Waals surface area contributed by atoms with E-state index in [-0.39, 0.29) is 12.5 Å². The number of benzene rings is 1. The summed E-state index contributed by atoms with van der Waals surface area (Å²) in [6.07, 6.45) is 1.69. The van der Waals surface area contributed by atoms with Gasteiger partial charge >= 0.3 is 0 Å². The van der Waals surface area contributed by atoms with Crippen LogP contribution in [0, 0.1) is 0 Å². The largest absolute Gasteiger partial charge is 0.484 e. The van der Waals surface area contributed by atoms with Crippen LogP contribution in [0.3, 0.4) is 0 Å². The van der Waals surface area contributed by atoms with E-state index in [9.17, 15) is 4.79 Å². The molecule has 2 aromatic heterocycles. The quantitative estimate of drug-likeness (QED) is 0.794. The van der Waals surface area contributed by atoms with Gasteiger partial charge in [0.2, 0.25) is 0 Å². The van der Waals surface area contributed by atoms with Gasteiger partial charge in [-0.15, -0.1) is 0 Å². The predicted octanol–water partition coefficient (Wildman–Crippen LogP) is 1.99. The Morgan fingerprint density at radius 3 is 2.86 bits per heavy atom. The van der Waals surface area contributed by atoms with Crippen LogP contribution in [-0.2, 0) is 11.8 Å². The van der Waals surface area contributed by atoms with Crippen LogP contribution in [0.25, 0.3) is 11.0 Å². The summed E-state index contributed by atoms with van der Waals surface area (Å²) in [6.45, 7) is -0.0671. The van der Waals surface area contributed by atoms with Gasteiger partial charge < -0.3 is 10.1 Å². The van der Waals surface area contributed by atoms with Crippen molar-refractivity contribution >= 4 is 22.8 Å². The summed E-state index contributed by atoms with van der Waals surface area (Å²) in [4.78, 5) is 16.2. The third kappa shape index (κ3) is 2.84. The predicted molar refractivity (Wildman–Crippen MR) is 79.1 cm³/mol. The van der Waals surface area contributed by atoms with Crippen molar-refractivity contribution < 1.29 is 9.53 Å². The summed E-state index contributed by atoms with van der Waals surface area (Å²) in [6, 6.07) is 12.9. The number of anilines is 1. The van der Waals surface area contributed by atoms with Crippen molar-refractivity contribution in [3.8, 4) is 5.75 Å². The van der Waals surface area contributed by atoms with Crippen LogP contribution in [0.1, 0.15) is 0 Å². The number of rotatable bonds is 4. The van der Waals surface area contributed by atoms with Gasteiger partial charge in [0.05, 0.1) is 5.39 Å². The molecule has 0 atom stereocenters. The van der Waals surface area contributed by atoms with Gasteiger partial charge in [-0.2, -0.15) is 5.10 Å². The standard InChI is InChI=1S/C15H14N4O2/c1-19-15-12(8-5-9-16-15)14(18-19)17-13(20)10-21-11-6-3-2-4-7-11/h2-9H,10H2,1H3,(H,17,18,20). The van der Waals surface area contributed by atoms with Crippen molar-refractivity contribution in [3.05, 3.63) is 48.7 Å². The number of amides is 1. The molecule has 2 heterocycles. The number of nitrogens with zero attached hydrogens (tertiary/aromatic N) is 3. The maximum absolute atomic E-state index is 11.9. The summed E-state index contributed by atoms with van der Waals surface area (Å²) in [5.74, 6) is 0.880. The van der Waals surface area contributed by atoms with Crippen LogP contribution in [0.5, 0.6) is 5.75 Å². The third-order valence-electron chi connectivity index (χ3n) is 2.97. The Morgan fingerprint density at radius 2 is 2.05 bits per heavy atom. The summed E-state index contributed by atoms with van der Waals surface area (Å²) in [7, 11) is 1.78. The van der Waals surface area contributed by atoms with Crippen LogP contribution in [0.4, 0.5) is 5.82 Å². The number of hydrogen-bond donors (Lipinski definition) is 1. The minimum atomic E-state index is -0.261. The Kier molecular flexibility index (Phi) is 3.51. The number of nitrogens with one attached hydrogen (secondary N) is 1. The van der Waals surface area contributed by atoms with Crippen molar-refractivity contribution in [1.82, 2.24) is 14.8 Å². The number of hydrogen-bond acceptors (Lipinski definition) is 4. The summed E-state index contributed by atoms with van der Waals surface area (Å²) in [5.41, 5.74) is 0.719. The number of aromatic nitrogens is 3. The molecular weight excluding hydrogens is 268 g/mol. The van der Waals surface area contributed by atoms with E-state index < -0.39 is 0 Å². The van der Waals surface area contributed by atoms with E-state index in [4.69, 9.17) is 4.74 Å². The van der Waals surface area contributed by atoms with E-state index >= 15 is 0 Å². The summed E-state index contributed by atoms with van der Waals surface area (Å²) >= 11 is 0. The number of pyridine rings is 1. The fraction of sp³-hybridized carbons (Fsp3) is 0.133. The van der Waals surface area contributed by atoms with Crippen LogP contribution in [0.2, 0.25) is 0 Å². The molecule has 1 amide bonds. The molecule has 0 fully saturated rings. The highest BCUT2D eigenvalue weighted by atomic mass is 16.5. The van der Waals surface area contributed by atoms with E-state index in [1.807, 2.05) is 24.3 Å². The molecule has 0 aliphatic heterocycles. The summed E-state index contributed by atoms with van der Waals surface area (Å²) in [5, 5.41) is 7.79. The molecule has 3 aromatic rings. The number of carbonyl (C=O) groups excluding carboxylic acids is 1. The monoisotopic (exact) mass is 282 g/mol. The van der Waals surface area contributed by atoms with Gasteiger partial charge in [0, 0.05) is 13.2 Å². The Bertz CT molecular complexity index is 768. The molecule has 6 nitrogen and oxygen atoms in total. The highest BCUT2D eigenvalue weighted by Crippen LogP contribution is 2.19. The Morgan fingerprint density at radius 1 is 1.24 bits per heavy atom. The average Bonchev–Trinajstić information content (AvgIpc) is 2.83. The average molecular weight is 282 g/mol. The van der Waals surface area contributed by atoms with E-state index in [2.05, 4.69) is 15.4 Å². The Labute approximate surface area is 121 Å². The van der Waals surface area contributed by atoms with Gasteiger partial charge in [-0.05, 0) is 24.3 Å². The van der Waals surface area contributed by atoms with Gasteiger partial charge in [-0.1, -0.05) is 18.2 Å². The summed E-state index contributed by atoms with van der Waals surface area (Å²) < 4.78 is 7.02. The van der Waals surface area contributed by atoms with Crippen molar-refractivity contribution in [2.75, 3.05) is 11.9 Å². The molecule has 6 heteroatoms. The number of aryl methyl sites for hydroxylation is 1. The lowest BCUT2D eigenvalue weighted by Gasteiger charge is -2.05. The van der Waals surface area contributed by atoms with Gasteiger partial charge in [0.1, 0.15) is 5.75 Å². The zero-order chi connectivity index (χ0) is 14.7. The van der Waals surface area contributed by atoms with Gasteiger partial charge in [-0.25, -0.2) is 9.67 Å². The van der Waals surface area contributed by atoms with E-state index in [1.54, 1.807) is 36.1 Å². The molecule has 106 valence electrons. The van der Waals surface area contributed by atoms with Crippen molar-refractivity contribution in [2.45, 2.75) is 0 Å². The zero-order valence-electron chi connectivity index (χ0n) is 11.5. The fourth-order valence-electron chi connectivity index (χ4n) is 2.02. The molecule has 21 heavy (non-hydrogen) atoms. The molecule has 0 aliphatic carbocycles. The van der Waals surface area contributed by atoms with Gasteiger partial charge in [0.15, 0.2) is 18.1 Å². The molecule has 3 rings (SSSR count). The lowest BCUT2D eigenvalue weighted by atomic mass is 10.3. The number of fused-ring (bicyclic) bond motifs is 1. The molecule has 0 saturated carbocycles. The minimum absolute atomic E-state index is 0.0671. The highest BCUT2D eigenvalue weighted by molar-refractivity contribution is 5.99. The molecule has 0 bridgehead atoms. The highest BCUT2D eigenvalue weighted by Gasteiger charge is 2.12. The second-order valence-electron chi connectivity index (χ2n) is 4.50. The van der Waals surface area contributed by atoms with Crippen molar-refractivity contribution in [2.24, 2.45) is 7.05 Å². The Hall–Kier alpha value is -2.89. The van der Waals surface area contributed by atoms with Crippen LogP contribution in [-0.4, -0.2) is 27.3 Å². The first-order valence-corrected chi connectivity index (χ1v) is 6.49. The first-order chi connectivity index (χ1) is 10.2. The second-order valence-corrected chi connectivity index (χ2v) is 4.50. The maximum atomic E-state index is 11.9. The number of carbonyl (C=O) groups is 1. The fourth-order valence-corrected chi connectivity index (χ4v) is 2.02. The molecule has 0 aliphatic rings. The molecular formula is C15H14N4O2. The first kappa shape index (κ1) is 13.1. The Balaban J connectivity index is 1.69. The maximum Gasteiger partial charge on any atom is 0.263 e. The van der Waals surface area contributed by atoms with E-state index in [0.29, 0.717) is 11.6 Å². The van der Waals surface area contributed by atoms with Crippen molar-refractivity contribution in [1.29, 1.82) is 0 Å². The normalized spacial score (nSPS) is 10.5.